The third kappa shape index (κ3) is 5.74. The summed E-state index contributed by atoms with van der Waals surface area (Å²) in [6.07, 6.45) is 13.3. The Kier molecular flexibility index (Phi) is 8.56. The second kappa shape index (κ2) is 12.2. The second-order valence-corrected chi connectivity index (χ2v) is 15.8. The van der Waals surface area contributed by atoms with Crippen LogP contribution in [-0.4, -0.2) is 34.4 Å². The number of hydrogen-bond acceptors (Lipinski definition) is 3. The molecule has 3 aromatic carbocycles. The maximum absolute atomic E-state index is 3.46. The number of allylic oxidation sites excluding steroid dienone is 6. The van der Waals surface area contributed by atoms with Gasteiger partial charge in [0.15, 0.2) is 7.11 Å². The molecule has 2 aliphatic heterocycles. The highest BCUT2D eigenvalue weighted by Crippen LogP contribution is 2.52. The van der Waals surface area contributed by atoms with Crippen LogP contribution >= 0.6 is 11.8 Å². The van der Waals surface area contributed by atoms with Gasteiger partial charge in [-0.3, -0.25) is 0 Å². The fourth-order valence-electron chi connectivity index (χ4n) is 7.63. The van der Waals surface area contributed by atoms with Crippen molar-refractivity contribution in [1.82, 2.24) is 0 Å². The fraction of sp³-hybridized carbons (Fsp3) is 0.381. The van der Waals surface area contributed by atoms with Gasteiger partial charge in [0.25, 0.3) is 5.75 Å². The smallest absolute Gasteiger partial charge is 0.259 e. The van der Waals surface area contributed by atoms with Crippen LogP contribution in [0.5, 0.6) is 5.75 Å². The van der Waals surface area contributed by atoms with E-state index in [2.05, 4.69) is 169 Å². The average molecular weight is 632 g/mol. The predicted molar refractivity (Wildman–Crippen MR) is 200 cm³/mol. The van der Waals surface area contributed by atoms with Crippen LogP contribution in [0.15, 0.2) is 112 Å². The van der Waals surface area contributed by atoms with Crippen LogP contribution in [0.4, 0.5) is 11.4 Å². The van der Waals surface area contributed by atoms with Crippen LogP contribution in [0, 0.1) is 13.8 Å². The monoisotopic (exact) mass is 631 g/mol. The van der Waals surface area contributed by atoms with E-state index >= 15 is 0 Å². The van der Waals surface area contributed by atoms with Crippen LogP contribution in [-0.2, 0) is 15.2 Å². The quantitative estimate of drug-likeness (QED) is 0.251. The lowest BCUT2D eigenvalue weighted by molar-refractivity contribution is -0.0541. The van der Waals surface area contributed by atoms with Gasteiger partial charge in [0.2, 0.25) is 6.10 Å². The summed E-state index contributed by atoms with van der Waals surface area (Å²) in [5.41, 5.74) is 12.2. The Labute approximate surface area is 282 Å². The van der Waals surface area contributed by atoms with Gasteiger partial charge in [-0.05, 0) is 106 Å². The number of likely N-dealkylation sites (N-methyl/N-ethyl adjacent to an activating group) is 1. The van der Waals surface area contributed by atoms with Crippen LogP contribution in [0.2, 0.25) is 0 Å². The van der Waals surface area contributed by atoms with Crippen molar-refractivity contribution in [3.05, 3.63) is 129 Å². The van der Waals surface area contributed by atoms with Crippen LogP contribution in [0.3, 0.4) is 0 Å². The van der Waals surface area contributed by atoms with Crippen molar-refractivity contribution in [2.75, 3.05) is 38.1 Å². The molecule has 0 spiro atoms. The second-order valence-electron chi connectivity index (χ2n) is 14.7. The summed E-state index contributed by atoms with van der Waals surface area (Å²) < 4.78 is 3.46. The Morgan fingerprint density at radius 2 is 1.54 bits per heavy atom. The molecule has 1 atom stereocenters. The molecule has 0 fully saturated rings. The van der Waals surface area contributed by atoms with Crippen molar-refractivity contribution in [3.8, 4) is 5.75 Å². The van der Waals surface area contributed by atoms with Gasteiger partial charge >= 0.3 is 0 Å². The third-order valence-electron chi connectivity index (χ3n) is 10.4. The number of thioether (sulfide) groups is 1. The zero-order valence-corrected chi connectivity index (χ0v) is 30.3. The van der Waals surface area contributed by atoms with Crippen LogP contribution < -0.4 is 9.80 Å². The molecule has 3 aliphatic rings. The molecule has 0 radical (unpaired) electrons. The highest BCUT2D eigenvalue weighted by atomic mass is 32.2. The number of fused-ring (bicyclic) bond motifs is 2. The molecule has 4 heteroatoms. The number of rotatable bonds is 6. The number of benzene rings is 3. The van der Waals surface area contributed by atoms with E-state index in [-0.39, 0.29) is 16.9 Å². The molecule has 1 aliphatic carbocycles. The van der Waals surface area contributed by atoms with Gasteiger partial charge in [0, 0.05) is 65.6 Å². The normalized spacial score (nSPS) is 21.9. The van der Waals surface area contributed by atoms with E-state index in [1.807, 2.05) is 11.8 Å². The van der Waals surface area contributed by atoms with Crippen molar-refractivity contribution < 1.29 is 4.37 Å². The summed E-state index contributed by atoms with van der Waals surface area (Å²) in [5, 5.41) is 0. The van der Waals surface area contributed by atoms with E-state index in [9.17, 15) is 0 Å². The minimum absolute atomic E-state index is 0.00307. The van der Waals surface area contributed by atoms with Gasteiger partial charge in [-0.2, -0.15) is 0 Å². The molecular weight excluding hydrogens is 581 g/mol. The topological polar surface area (TPSA) is 9.18 Å². The summed E-state index contributed by atoms with van der Waals surface area (Å²) in [7, 11) is 8.59. The first kappa shape index (κ1) is 32.3. The van der Waals surface area contributed by atoms with E-state index in [0.717, 1.165) is 19.3 Å². The third-order valence-corrected chi connectivity index (χ3v) is 11.7. The molecule has 2 heterocycles. The van der Waals surface area contributed by atoms with E-state index in [1.165, 1.54) is 66.0 Å². The lowest BCUT2D eigenvalue weighted by atomic mass is 9.80. The van der Waals surface area contributed by atoms with Gasteiger partial charge < -0.3 is 14.2 Å². The largest absolute Gasteiger partial charge is 0.568 e. The first-order valence-electron chi connectivity index (χ1n) is 16.7. The minimum atomic E-state index is -0.0488. The Morgan fingerprint density at radius 1 is 0.870 bits per heavy atom. The predicted octanol–water partition coefficient (Wildman–Crippen LogP) is 10.9. The average Bonchev–Trinajstić information content (AvgIpc) is 3.32. The molecule has 1 unspecified atom stereocenters. The molecule has 3 aromatic rings. The molecule has 0 aromatic heterocycles. The molecule has 0 saturated carbocycles. The molecular formula is C42H51N2OS+. The number of anilines is 2. The summed E-state index contributed by atoms with van der Waals surface area (Å²) in [6.45, 7) is 13.9. The summed E-state index contributed by atoms with van der Waals surface area (Å²) >= 11 is 1.92. The number of hydrogen-bond donors (Lipinski definition) is 0. The summed E-state index contributed by atoms with van der Waals surface area (Å²) in [5.74, 6) is 1.27. The van der Waals surface area contributed by atoms with Crippen molar-refractivity contribution in [1.29, 1.82) is 0 Å². The molecule has 46 heavy (non-hydrogen) atoms. The van der Waals surface area contributed by atoms with Crippen LogP contribution in [0.1, 0.15) is 69.2 Å². The molecule has 0 saturated heterocycles. The zero-order valence-electron chi connectivity index (χ0n) is 29.5. The molecule has 0 bridgehead atoms. The molecule has 6 rings (SSSR count). The minimum Gasteiger partial charge on any atom is -0.568 e. The van der Waals surface area contributed by atoms with Gasteiger partial charge in [0.1, 0.15) is 0 Å². The Balaban J connectivity index is 1.40. The summed E-state index contributed by atoms with van der Waals surface area (Å²) in [4.78, 5) is 7.24. The van der Waals surface area contributed by atoms with Gasteiger partial charge in [-0.1, -0.05) is 67.1 Å². The van der Waals surface area contributed by atoms with Crippen molar-refractivity contribution in [2.45, 2.75) is 82.6 Å². The van der Waals surface area contributed by atoms with Gasteiger partial charge in [-0.15, -0.1) is 0 Å². The Morgan fingerprint density at radius 3 is 2.24 bits per heavy atom. The van der Waals surface area contributed by atoms with E-state index in [0.29, 0.717) is 0 Å². The molecule has 0 amide bonds. The maximum atomic E-state index is 3.46. The SMILES string of the molecule is Cc1ccc2c(c1)C(C)(C)/C(=C/C=C1\CCCC(/C=C/C3[O+](C)c4ccc(C)cc4C3(C)C)=C1Sc1ccc(N(C)C)cc1)N2C. The standard InChI is InChI=1S/C42H51N2OS/c1-28-14-22-36-34(26-28)41(3,4)38(44(36)9)24-16-30-12-11-13-31(40(30)46-33-20-18-32(19-21-33)43(7)8)17-25-39-42(5,6)35-27-29(2)15-23-37(35)45(39)10/h14-27,39H,11-13H2,1-10H3/q+1/b25-17+,30-16+,38-24-. The molecule has 240 valence electrons. The van der Waals surface area contributed by atoms with E-state index in [1.54, 1.807) is 0 Å². The van der Waals surface area contributed by atoms with Crippen molar-refractivity contribution >= 4 is 23.1 Å². The van der Waals surface area contributed by atoms with Crippen molar-refractivity contribution in [3.63, 3.8) is 0 Å². The number of nitrogens with zero attached hydrogens (tertiary/aromatic N) is 2. The maximum Gasteiger partial charge on any atom is 0.259 e. The highest BCUT2D eigenvalue weighted by Gasteiger charge is 2.48. The zero-order chi connectivity index (χ0) is 33.0. The molecule has 3 nitrogen and oxygen atoms in total. The van der Waals surface area contributed by atoms with Gasteiger partial charge in [-0.25, -0.2) is 0 Å². The molecule has 0 N–H and O–H groups in total. The van der Waals surface area contributed by atoms with E-state index < -0.39 is 0 Å². The highest BCUT2D eigenvalue weighted by molar-refractivity contribution is 8.03. The van der Waals surface area contributed by atoms with E-state index in [4.69, 9.17) is 0 Å². The first-order chi connectivity index (χ1) is 21.8. The summed E-state index contributed by atoms with van der Waals surface area (Å²) in [6, 6.07) is 22.7. The Bertz CT molecular complexity index is 1770. The lowest BCUT2D eigenvalue weighted by Gasteiger charge is -2.28. The van der Waals surface area contributed by atoms with Gasteiger partial charge in [0.05, 0.1) is 11.0 Å². The Hall–Kier alpha value is -3.63. The first-order valence-corrected chi connectivity index (χ1v) is 17.5. The lowest BCUT2D eigenvalue weighted by Crippen LogP contribution is -2.31. The van der Waals surface area contributed by atoms with Crippen LogP contribution in [0.25, 0.3) is 0 Å². The number of aryl methyl sites for hydroxylation is 2. The van der Waals surface area contributed by atoms with Crippen molar-refractivity contribution in [2.24, 2.45) is 0 Å². The fourth-order valence-corrected chi connectivity index (χ4v) is 8.74.